The molecule has 1 amide bonds. The molecule has 0 saturated carbocycles. The number of nitrogens with one attached hydrogen (secondary N) is 1. The van der Waals surface area contributed by atoms with Crippen molar-refractivity contribution < 1.29 is 9.53 Å². The zero-order chi connectivity index (χ0) is 22.1. The molecule has 0 spiro atoms. The van der Waals surface area contributed by atoms with Crippen LogP contribution >= 0.6 is 23.2 Å². The van der Waals surface area contributed by atoms with Gasteiger partial charge in [-0.3, -0.25) is 4.79 Å². The van der Waals surface area contributed by atoms with Crippen molar-refractivity contribution in [2.45, 2.75) is 12.5 Å². The van der Waals surface area contributed by atoms with Crippen molar-refractivity contribution in [3.63, 3.8) is 0 Å². The molecule has 2 aromatic carbocycles. The number of piperazine rings is 1. The normalized spacial score (nSPS) is 17.6. The lowest BCUT2D eigenvalue weighted by atomic mass is 10.1. The summed E-state index contributed by atoms with van der Waals surface area (Å²) in [6.45, 7) is 2.53. The molecule has 0 bridgehead atoms. The number of benzene rings is 2. The second-order valence-corrected chi connectivity index (χ2v) is 8.65. The number of carbonyl (C=O) groups excluding carboxylic acids is 1. The van der Waals surface area contributed by atoms with E-state index < -0.39 is 0 Å². The minimum atomic E-state index is -0.198. The van der Waals surface area contributed by atoms with E-state index in [9.17, 15) is 4.79 Å². The van der Waals surface area contributed by atoms with E-state index in [1.807, 2.05) is 23.1 Å². The van der Waals surface area contributed by atoms with E-state index in [1.165, 1.54) is 5.56 Å². The highest BCUT2D eigenvalue weighted by Crippen LogP contribution is 2.29. The molecule has 3 aromatic rings. The van der Waals surface area contributed by atoms with E-state index in [0.717, 1.165) is 12.1 Å². The molecule has 3 heterocycles. The van der Waals surface area contributed by atoms with Gasteiger partial charge in [-0.1, -0.05) is 41.4 Å². The van der Waals surface area contributed by atoms with Crippen LogP contribution in [0.25, 0.3) is 0 Å². The largest absolute Gasteiger partial charge is 0.439 e. The van der Waals surface area contributed by atoms with Crippen molar-refractivity contribution >= 4 is 40.7 Å². The third kappa shape index (κ3) is 4.45. The molecule has 7 nitrogen and oxygen atoms in total. The van der Waals surface area contributed by atoms with Gasteiger partial charge >= 0.3 is 0 Å². The Hall–Kier alpha value is -3.03. The van der Waals surface area contributed by atoms with E-state index in [0.29, 0.717) is 53.8 Å². The maximum Gasteiger partial charge on any atom is 0.245 e. The molecule has 9 heteroatoms. The van der Waals surface area contributed by atoms with Gasteiger partial charge in [0, 0.05) is 60.6 Å². The van der Waals surface area contributed by atoms with E-state index in [-0.39, 0.29) is 11.9 Å². The Kier molecular flexibility index (Phi) is 5.76. The van der Waals surface area contributed by atoms with Gasteiger partial charge in [-0.2, -0.15) is 4.98 Å². The Balaban J connectivity index is 1.20. The summed E-state index contributed by atoms with van der Waals surface area (Å²) in [5, 5.41) is 4.32. The Bertz CT molecular complexity index is 1110. The first-order valence-electron chi connectivity index (χ1n) is 10.4. The quantitative estimate of drug-likeness (QED) is 0.615. The summed E-state index contributed by atoms with van der Waals surface area (Å²) in [5.41, 5.74) is 2.24. The summed E-state index contributed by atoms with van der Waals surface area (Å²) in [7, 11) is 0. The minimum Gasteiger partial charge on any atom is -0.439 e. The number of ether oxygens (including phenoxy) is 1. The summed E-state index contributed by atoms with van der Waals surface area (Å²) in [6, 6.07) is 14.5. The summed E-state index contributed by atoms with van der Waals surface area (Å²) < 4.78 is 5.81. The average Bonchev–Trinajstić information content (AvgIpc) is 3.22. The average molecular weight is 470 g/mol. The highest BCUT2D eigenvalue weighted by molar-refractivity contribution is 6.34. The molecule has 0 aliphatic carbocycles. The van der Waals surface area contributed by atoms with Crippen molar-refractivity contribution in [2.75, 3.05) is 36.4 Å². The van der Waals surface area contributed by atoms with Crippen LogP contribution in [-0.2, 0) is 11.2 Å². The number of anilines is 2. The van der Waals surface area contributed by atoms with Crippen LogP contribution in [0.5, 0.6) is 11.6 Å². The van der Waals surface area contributed by atoms with Gasteiger partial charge in [-0.25, -0.2) is 4.98 Å². The lowest BCUT2D eigenvalue weighted by molar-refractivity contribution is -0.132. The van der Waals surface area contributed by atoms with Crippen molar-refractivity contribution in [1.82, 2.24) is 14.9 Å². The first kappa shape index (κ1) is 20.8. The van der Waals surface area contributed by atoms with Crippen LogP contribution in [0.1, 0.15) is 5.56 Å². The number of hydrogen-bond acceptors (Lipinski definition) is 6. The van der Waals surface area contributed by atoms with Gasteiger partial charge in [0.05, 0.1) is 0 Å². The van der Waals surface area contributed by atoms with E-state index >= 15 is 0 Å². The summed E-state index contributed by atoms with van der Waals surface area (Å²) in [5.74, 6) is 1.61. The second-order valence-electron chi connectivity index (χ2n) is 7.77. The molecule has 32 heavy (non-hydrogen) atoms. The number of rotatable bonds is 4. The number of carbonyl (C=O) groups is 1. The highest BCUT2D eigenvalue weighted by Gasteiger charge is 2.32. The van der Waals surface area contributed by atoms with E-state index in [2.05, 4.69) is 26.3 Å². The topological polar surface area (TPSA) is 70.6 Å². The summed E-state index contributed by atoms with van der Waals surface area (Å²) in [4.78, 5) is 25.9. The fourth-order valence-corrected chi connectivity index (χ4v) is 4.55. The predicted octanol–water partition coefficient (Wildman–Crippen LogP) is 4.26. The van der Waals surface area contributed by atoms with Crippen LogP contribution in [0.3, 0.4) is 0 Å². The Morgan fingerprint density at radius 1 is 1.03 bits per heavy atom. The fraction of sp³-hybridized carbons (Fsp3) is 0.261. The van der Waals surface area contributed by atoms with Gasteiger partial charge < -0.3 is 19.9 Å². The van der Waals surface area contributed by atoms with Crippen LogP contribution in [-0.4, -0.2) is 53.0 Å². The van der Waals surface area contributed by atoms with E-state index in [4.69, 9.17) is 27.9 Å². The lowest BCUT2D eigenvalue weighted by Gasteiger charge is -2.36. The standard InChI is InChI=1S/C23H21Cl2N5O2/c24-16-12-17(25)14-18(13-16)32-21-5-6-26-23(28-21)30-9-7-29(8-10-30)22(31)20-11-15-3-1-2-4-19(15)27-20/h1-6,12-14,20,27H,7-11H2/t20-/m1/s1. The van der Waals surface area contributed by atoms with Crippen LogP contribution in [0.15, 0.2) is 54.7 Å². The minimum absolute atomic E-state index is 0.136. The monoisotopic (exact) mass is 469 g/mol. The van der Waals surface area contributed by atoms with Gasteiger partial charge in [0.1, 0.15) is 11.8 Å². The van der Waals surface area contributed by atoms with Crippen LogP contribution < -0.4 is 15.0 Å². The Morgan fingerprint density at radius 3 is 2.53 bits per heavy atom. The maximum atomic E-state index is 13.0. The molecule has 164 valence electrons. The van der Waals surface area contributed by atoms with Crippen molar-refractivity contribution in [2.24, 2.45) is 0 Å². The molecule has 1 N–H and O–H groups in total. The van der Waals surface area contributed by atoms with Crippen molar-refractivity contribution in [3.8, 4) is 11.6 Å². The molecule has 0 radical (unpaired) electrons. The number of nitrogens with zero attached hydrogens (tertiary/aromatic N) is 4. The molecule has 1 fully saturated rings. The van der Waals surface area contributed by atoms with Gasteiger partial charge in [0.15, 0.2) is 0 Å². The molecular formula is C23H21Cl2N5O2. The Morgan fingerprint density at radius 2 is 1.78 bits per heavy atom. The first-order chi connectivity index (χ1) is 15.5. The number of hydrogen-bond donors (Lipinski definition) is 1. The molecule has 2 aliphatic heterocycles. The number of halogens is 2. The first-order valence-corrected chi connectivity index (χ1v) is 11.2. The molecule has 5 rings (SSSR count). The highest BCUT2D eigenvalue weighted by atomic mass is 35.5. The van der Waals surface area contributed by atoms with Crippen molar-refractivity contribution in [3.05, 3.63) is 70.3 Å². The van der Waals surface area contributed by atoms with E-state index in [1.54, 1.807) is 30.5 Å². The summed E-state index contributed by atoms with van der Waals surface area (Å²) in [6.07, 6.45) is 2.38. The molecule has 1 atom stereocenters. The van der Waals surface area contributed by atoms with Gasteiger partial charge in [0.25, 0.3) is 0 Å². The molecular weight excluding hydrogens is 449 g/mol. The number of amides is 1. The number of para-hydroxylation sites is 1. The molecule has 1 saturated heterocycles. The lowest BCUT2D eigenvalue weighted by Crippen LogP contribution is -2.52. The van der Waals surface area contributed by atoms with Gasteiger partial charge in [0.2, 0.25) is 17.7 Å². The van der Waals surface area contributed by atoms with Gasteiger partial charge in [-0.15, -0.1) is 0 Å². The Labute approximate surface area is 195 Å². The molecule has 0 unspecified atom stereocenters. The maximum absolute atomic E-state index is 13.0. The smallest absolute Gasteiger partial charge is 0.245 e. The zero-order valence-electron chi connectivity index (χ0n) is 17.2. The second kappa shape index (κ2) is 8.84. The number of fused-ring (bicyclic) bond motifs is 1. The third-order valence-corrected chi connectivity index (χ3v) is 6.06. The molecule has 2 aliphatic rings. The van der Waals surface area contributed by atoms with Crippen LogP contribution in [0.4, 0.5) is 11.6 Å². The SMILES string of the molecule is O=C([C@H]1Cc2ccccc2N1)N1CCN(c2nccc(Oc3cc(Cl)cc(Cl)c3)n2)CC1. The fourth-order valence-electron chi connectivity index (χ4n) is 4.04. The van der Waals surface area contributed by atoms with Crippen LogP contribution in [0, 0.1) is 0 Å². The van der Waals surface area contributed by atoms with Crippen molar-refractivity contribution in [1.29, 1.82) is 0 Å². The zero-order valence-corrected chi connectivity index (χ0v) is 18.7. The summed E-state index contributed by atoms with van der Waals surface area (Å²) >= 11 is 12.1. The number of aromatic nitrogens is 2. The molecule has 1 aromatic heterocycles. The third-order valence-electron chi connectivity index (χ3n) is 5.62. The van der Waals surface area contributed by atoms with Crippen LogP contribution in [0.2, 0.25) is 10.0 Å². The van der Waals surface area contributed by atoms with Gasteiger partial charge in [-0.05, 0) is 29.8 Å². The predicted molar refractivity (Wildman–Crippen MR) is 125 cm³/mol.